The standard InChI is InChI=1S/C11H13ClN2O3/c1-3-7(2)13-11(15)9-5-4-8(12)6-10(9)14(16)17/h4-7H,3H2,1-2H3,(H,13,15)/t7-/m0/s1. The number of benzene rings is 1. The fourth-order valence-electron chi connectivity index (χ4n) is 1.25. The first-order valence-electron chi connectivity index (χ1n) is 5.20. The van der Waals surface area contributed by atoms with Crippen molar-refractivity contribution in [3.8, 4) is 0 Å². The van der Waals surface area contributed by atoms with Crippen LogP contribution < -0.4 is 5.32 Å². The van der Waals surface area contributed by atoms with E-state index in [0.717, 1.165) is 6.42 Å². The van der Waals surface area contributed by atoms with Gasteiger partial charge in [0.15, 0.2) is 0 Å². The lowest BCUT2D eigenvalue weighted by molar-refractivity contribution is -0.385. The molecule has 1 N–H and O–H groups in total. The molecule has 17 heavy (non-hydrogen) atoms. The van der Waals surface area contributed by atoms with Gasteiger partial charge in [0.05, 0.1) is 4.92 Å². The summed E-state index contributed by atoms with van der Waals surface area (Å²) in [6.45, 7) is 3.75. The van der Waals surface area contributed by atoms with Crippen molar-refractivity contribution < 1.29 is 9.72 Å². The maximum absolute atomic E-state index is 11.8. The Bertz CT molecular complexity index is 448. The van der Waals surface area contributed by atoms with Gasteiger partial charge in [-0.1, -0.05) is 18.5 Å². The fourth-order valence-corrected chi connectivity index (χ4v) is 1.42. The second-order valence-corrected chi connectivity index (χ2v) is 4.14. The number of amides is 1. The largest absolute Gasteiger partial charge is 0.349 e. The number of nitrogens with one attached hydrogen (secondary N) is 1. The predicted molar refractivity (Wildman–Crippen MR) is 65.3 cm³/mol. The lowest BCUT2D eigenvalue weighted by Crippen LogP contribution is -2.32. The first-order valence-corrected chi connectivity index (χ1v) is 5.58. The minimum atomic E-state index is -0.614. The molecule has 1 rings (SSSR count). The summed E-state index contributed by atoms with van der Waals surface area (Å²) < 4.78 is 0. The molecule has 0 aliphatic rings. The number of halogens is 1. The number of nitrogens with zero attached hydrogens (tertiary/aromatic N) is 1. The van der Waals surface area contributed by atoms with Gasteiger partial charge in [0.2, 0.25) is 0 Å². The summed E-state index contributed by atoms with van der Waals surface area (Å²) in [5, 5.41) is 13.7. The molecule has 0 unspecified atom stereocenters. The minimum Gasteiger partial charge on any atom is -0.349 e. The predicted octanol–water partition coefficient (Wildman–Crippen LogP) is 2.78. The van der Waals surface area contributed by atoms with Crippen LogP contribution in [0.5, 0.6) is 0 Å². The Morgan fingerprint density at radius 3 is 2.76 bits per heavy atom. The van der Waals surface area contributed by atoms with Gasteiger partial charge in [0, 0.05) is 17.1 Å². The molecular weight excluding hydrogens is 244 g/mol. The van der Waals surface area contributed by atoms with E-state index in [9.17, 15) is 14.9 Å². The molecule has 1 aromatic carbocycles. The van der Waals surface area contributed by atoms with Crippen LogP contribution in [0.2, 0.25) is 5.02 Å². The molecule has 0 heterocycles. The van der Waals surface area contributed by atoms with Gasteiger partial charge in [-0.3, -0.25) is 14.9 Å². The average molecular weight is 257 g/mol. The molecule has 0 saturated heterocycles. The number of rotatable bonds is 4. The van der Waals surface area contributed by atoms with Crippen LogP contribution in [-0.4, -0.2) is 16.9 Å². The third kappa shape index (κ3) is 3.42. The van der Waals surface area contributed by atoms with Gasteiger partial charge < -0.3 is 5.32 Å². The van der Waals surface area contributed by atoms with Crippen molar-refractivity contribution in [2.45, 2.75) is 26.3 Å². The molecule has 1 amide bonds. The molecule has 6 heteroatoms. The normalized spacial score (nSPS) is 11.9. The number of carbonyl (C=O) groups excluding carboxylic acids is 1. The molecule has 92 valence electrons. The molecule has 0 fully saturated rings. The molecule has 5 nitrogen and oxygen atoms in total. The highest BCUT2D eigenvalue weighted by Crippen LogP contribution is 2.23. The number of carbonyl (C=O) groups is 1. The second-order valence-electron chi connectivity index (χ2n) is 3.70. The van der Waals surface area contributed by atoms with Crippen molar-refractivity contribution in [2.24, 2.45) is 0 Å². The Morgan fingerprint density at radius 2 is 2.24 bits per heavy atom. The number of hydrogen-bond acceptors (Lipinski definition) is 3. The van der Waals surface area contributed by atoms with E-state index < -0.39 is 10.8 Å². The van der Waals surface area contributed by atoms with E-state index in [1.54, 1.807) is 0 Å². The molecule has 1 aromatic rings. The third-order valence-electron chi connectivity index (χ3n) is 2.39. The van der Waals surface area contributed by atoms with Gasteiger partial charge in [-0.2, -0.15) is 0 Å². The van der Waals surface area contributed by atoms with Gasteiger partial charge >= 0.3 is 0 Å². The van der Waals surface area contributed by atoms with Crippen LogP contribution in [-0.2, 0) is 0 Å². The van der Waals surface area contributed by atoms with Gasteiger partial charge in [-0.25, -0.2) is 0 Å². The summed E-state index contributed by atoms with van der Waals surface area (Å²) >= 11 is 5.66. The van der Waals surface area contributed by atoms with E-state index in [1.165, 1.54) is 18.2 Å². The van der Waals surface area contributed by atoms with Crippen molar-refractivity contribution in [2.75, 3.05) is 0 Å². The topological polar surface area (TPSA) is 72.2 Å². The van der Waals surface area contributed by atoms with E-state index in [-0.39, 0.29) is 22.3 Å². The fraction of sp³-hybridized carbons (Fsp3) is 0.364. The van der Waals surface area contributed by atoms with Crippen LogP contribution in [0.4, 0.5) is 5.69 Å². The molecule has 0 saturated carbocycles. The third-order valence-corrected chi connectivity index (χ3v) is 2.63. The van der Waals surface area contributed by atoms with Crippen molar-refractivity contribution in [3.63, 3.8) is 0 Å². The number of nitro benzene ring substituents is 1. The monoisotopic (exact) mass is 256 g/mol. The zero-order chi connectivity index (χ0) is 13.0. The first kappa shape index (κ1) is 13.4. The summed E-state index contributed by atoms with van der Waals surface area (Å²) in [6, 6.07) is 3.96. The van der Waals surface area contributed by atoms with Gasteiger partial charge in [0.25, 0.3) is 11.6 Å². The SMILES string of the molecule is CC[C@H](C)NC(=O)c1ccc(Cl)cc1[N+](=O)[O-]. The Morgan fingerprint density at radius 1 is 1.59 bits per heavy atom. The van der Waals surface area contributed by atoms with Crippen molar-refractivity contribution in [3.05, 3.63) is 38.9 Å². The Kier molecular flexibility index (Phi) is 4.45. The quantitative estimate of drug-likeness (QED) is 0.665. The van der Waals surface area contributed by atoms with Crippen LogP contribution in [0.25, 0.3) is 0 Å². The van der Waals surface area contributed by atoms with Crippen LogP contribution in [0.1, 0.15) is 30.6 Å². The molecule has 0 aliphatic heterocycles. The molecule has 0 spiro atoms. The van der Waals surface area contributed by atoms with E-state index in [0.29, 0.717) is 0 Å². The smallest absolute Gasteiger partial charge is 0.283 e. The van der Waals surface area contributed by atoms with E-state index >= 15 is 0 Å². The van der Waals surface area contributed by atoms with Crippen LogP contribution in [0, 0.1) is 10.1 Å². The summed E-state index contributed by atoms with van der Waals surface area (Å²) in [5.74, 6) is -0.456. The van der Waals surface area contributed by atoms with Gasteiger partial charge in [0.1, 0.15) is 5.56 Å². The molecule has 0 aromatic heterocycles. The molecule has 0 radical (unpaired) electrons. The van der Waals surface area contributed by atoms with E-state index in [2.05, 4.69) is 5.32 Å². The summed E-state index contributed by atoms with van der Waals surface area (Å²) in [4.78, 5) is 22.0. The van der Waals surface area contributed by atoms with Crippen molar-refractivity contribution in [1.29, 1.82) is 0 Å². The second kappa shape index (κ2) is 5.63. The molecule has 0 bridgehead atoms. The van der Waals surface area contributed by atoms with Gasteiger partial charge in [-0.05, 0) is 25.5 Å². The first-order chi connectivity index (χ1) is 7.95. The highest BCUT2D eigenvalue weighted by atomic mass is 35.5. The maximum atomic E-state index is 11.8. The Hall–Kier alpha value is -1.62. The van der Waals surface area contributed by atoms with Crippen LogP contribution >= 0.6 is 11.6 Å². The lowest BCUT2D eigenvalue weighted by atomic mass is 10.1. The summed E-state index contributed by atoms with van der Waals surface area (Å²) in [7, 11) is 0. The van der Waals surface area contributed by atoms with Crippen LogP contribution in [0.15, 0.2) is 18.2 Å². The molecule has 1 atom stereocenters. The number of nitro groups is 1. The average Bonchev–Trinajstić information content (AvgIpc) is 2.28. The lowest BCUT2D eigenvalue weighted by Gasteiger charge is -2.11. The minimum absolute atomic E-state index is 0.0275. The highest BCUT2D eigenvalue weighted by Gasteiger charge is 2.21. The van der Waals surface area contributed by atoms with Crippen molar-refractivity contribution in [1.82, 2.24) is 5.32 Å². The van der Waals surface area contributed by atoms with E-state index in [4.69, 9.17) is 11.6 Å². The maximum Gasteiger partial charge on any atom is 0.283 e. The number of hydrogen-bond donors (Lipinski definition) is 1. The zero-order valence-corrected chi connectivity index (χ0v) is 10.3. The van der Waals surface area contributed by atoms with Crippen LogP contribution in [0.3, 0.4) is 0 Å². The summed E-state index contributed by atoms with van der Waals surface area (Å²) in [5.41, 5.74) is -0.252. The summed E-state index contributed by atoms with van der Waals surface area (Å²) in [6.07, 6.45) is 0.757. The highest BCUT2D eigenvalue weighted by molar-refractivity contribution is 6.31. The van der Waals surface area contributed by atoms with Gasteiger partial charge in [-0.15, -0.1) is 0 Å². The molecular formula is C11H13ClN2O3. The van der Waals surface area contributed by atoms with Crippen molar-refractivity contribution >= 4 is 23.2 Å². The zero-order valence-electron chi connectivity index (χ0n) is 9.57. The Balaban J connectivity index is 3.04. The molecule has 0 aliphatic carbocycles. The Labute approximate surface area is 104 Å². The van der Waals surface area contributed by atoms with E-state index in [1.807, 2.05) is 13.8 Å².